The van der Waals surface area contributed by atoms with Crippen LogP contribution in [-0.4, -0.2) is 23.6 Å². The summed E-state index contributed by atoms with van der Waals surface area (Å²) in [4.78, 5) is 11.0. The summed E-state index contributed by atoms with van der Waals surface area (Å²) < 4.78 is 7.25. The fraction of sp³-hybridized carbons (Fsp3) is 0.545. The van der Waals surface area contributed by atoms with Crippen molar-refractivity contribution in [2.24, 2.45) is 0 Å². The zero-order valence-electron chi connectivity index (χ0n) is 8.82. The largest absolute Gasteiger partial charge is 0.382 e. The van der Waals surface area contributed by atoms with Crippen molar-refractivity contribution < 1.29 is 9.53 Å². The molecular weight excluding hydrogens is 178 g/mol. The van der Waals surface area contributed by atoms with Crippen molar-refractivity contribution in [2.75, 3.05) is 13.2 Å². The molecule has 0 atom stereocenters. The van der Waals surface area contributed by atoms with Crippen LogP contribution in [0, 0.1) is 0 Å². The van der Waals surface area contributed by atoms with Crippen LogP contribution in [0.2, 0.25) is 0 Å². The first-order chi connectivity index (χ1) is 6.74. The van der Waals surface area contributed by atoms with Crippen LogP contribution in [0.3, 0.4) is 0 Å². The van der Waals surface area contributed by atoms with Gasteiger partial charge in [-0.25, -0.2) is 0 Å². The van der Waals surface area contributed by atoms with Crippen LogP contribution < -0.4 is 0 Å². The summed E-state index contributed by atoms with van der Waals surface area (Å²) >= 11 is 0. The smallest absolute Gasteiger partial charge is 0.161 e. The predicted octanol–water partition coefficient (Wildman–Crippen LogP) is 2.12. The van der Waals surface area contributed by atoms with Crippen molar-refractivity contribution in [3.63, 3.8) is 0 Å². The van der Waals surface area contributed by atoms with Crippen molar-refractivity contribution in [2.45, 2.75) is 26.8 Å². The fourth-order valence-corrected chi connectivity index (χ4v) is 1.28. The normalized spacial score (nSPS) is 10.4. The van der Waals surface area contributed by atoms with E-state index in [0.717, 1.165) is 31.7 Å². The van der Waals surface area contributed by atoms with E-state index in [2.05, 4.69) is 0 Å². The molecule has 78 valence electrons. The predicted molar refractivity (Wildman–Crippen MR) is 55.5 cm³/mol. The Balaban J connectivity index is 2.33. The molecule has 1 rings (SSSR count). The lowest BCUT2D eigenvalue weighted by atomic mass is 10.2. The minimum Gasteiger partial charge on any atom is -0.382 e. The minimum atomic E-state index is 0.119. The highest BCUT2D eigenvalue weighted by atomic mass is 16.5. The summed E-state index contributed by atoms with van der Waals surface area (Å²) in [6.45, 7) is 6.03. The number of ketones is 1. The molecule has 0 aliphatic rings. The third-order valence-electron chi connectivity index (χ3n) is 2.07. The van der Waals surface area contributed by atoms with Crippen LogP contribution in [-0.2, 0) is 11.3 Å². The standard InChI is InChI=1S/C11H17NO2/c1-3-14-8-4-6-12-7-5-11(9-12)10(2)13/h5,7,9H,3-4,6,8H2,1-2H3. The highest BCUT2D eigenvalue weighted by Gasteiger charge is 2.00. The van der Waals surface area contributed by atoms with E-state index in [1.54, 1.807) is 6.92 Å². The zero-order chi connectivity index (χ0) is 10.4. The molecule has 3 nitrogen and oxygen atoms in total. The number of Topliss-reactive ketones (excluding diaryl/α,β-unsaturated/α-hetero) is 1. The Bertz CT molecular complexity index is 291. The molecule has 1 aromatic heterocycles. The highest BCUT2D eigenvalue weighted by Crippen LogP contribution is 2.03. The molecule has 0 bridgehead atoms. The molecular formula is C11H17NO2. The summed E-state index contributed by atoms with van der Waals surface area (Å²) in [5.74, 6) is 0.119. The molecule has 1 aromatic rings. The second-order valence-electron chi connectivity index (χ2n) is 3.24. The first-order valence-corrected chi connectivity index (χ1v) is 4.98. The molecule has 0 spiro atoms. The second-order valence-corrected chi connectivity index (χ2v) is 3.24. The van der Waals surface area contributed by atoms with Crippen LogP contribution in [0.1, 0.15) is 30.6 Å². The molecule has 3 heteroatoms. The Kier molecular flexibility index (Phi) is 4.40. The van der Waals surface area contributed by atoms with E-state index < -0.39 is 0 Å². The van der Waals surface area contributed by atoms with Crippen molar-refractivity contribution >= 4 is 5.78 Å². The molecule has 0 saturated heterocycles. The molecule has 1 heterocycles. The van der Waals surface area contributed by atoms with Gasteiger partial charge in [0.1, 0.15) is 0 Å². The maximum Gasteiger partial charge on any atom is 0.161 e. The van der Waals surface area contributed by atoms with Crippen molar-refractivity contribution in [3.05, 3.63) is 24.0 Å². The van der Waals surface area contributed by atoms with Gasteiger partial charge < -0.3 is 9.30 Å². The molecule has 14 heavy (non-hydrogen) atoms. The molecule has 0 amide bonds. The molecule has 0 aromatic carbocycles. The van der Waals surface area contributed by atoms with Gasteiger partial charge in [0.15, 0.2) is 5.78 Å². The fourth-order valence-electron chi connectivity index (χ4n) is 1.28. The van der Waals surface area contributed by atoms with Gasteiger partial charge in [0, 0.05) is 37.7 Å². The molecule has 0 unspecified atom stereocenters. The number of aryl methyl sites for hydroxylation is 1. The first kappa shape index (κ1) is 11.0. The number of rotatable bonds is 6. The van der Waals surface area contributed by atoms with Crippen LogP contribution >= 0.6 is 0 Å². The Morgan fingerprint density at radius 2 is 2.36 bits per heavy atom. The van der Waals surface area contributed by atoms with E-state index in [4.69, 9.17) is 4.74 Å². The highest BCUT2D eigenvalue weighted by molar-refractivity contribution is 5.93. The van der Waals surface area contributed by atoms with Crippen molar-refractivity contribution in [1.82, 2.24) is 4.57 Å². The van der Waals surface area contributed by atoms with E-state index in [-0.39, 0.29) is 5.78 Å². The Hall–Kier alpha value is -1.09. The number of hydrogen-bond donors (Lipinski definition) is 0. The second kappa shape index (κ2) is 5.60. The molecule has 0 fully saturated rings. The number of carbonyl (C=O) groups is 1. The van der Waals surface area contributed by atoms with Gasteiger partial charge in [-0.2, -0.15) is 0 Å². The van der Waals surface area contributed by atoms with Crippen LogP contribution in [0.4, 0.5) is 0 Å². The first-order valence-electron chi connectivity index (χ1n) is 4.98. The van der Waals surface area contributed by atoms with Gasteiger partial charge in [0.05, 0.1) is 0 Å². The van der Waals surface area contributed by atoms with Crippen molar-refractivity contribution in [3.8, 4) is 0 Å². The Labute approximate surface area is 84.7 Å². The van der Waals surface area contributed by atoms with E-state index >= 15 is 0 Å². The van der Waals surface area contributed by atoms with Gasteiger partial charge in [-0.1, -0.05) is 0 Å². The molecule has 0 aliphatic heterocycles. The minimum absolute atomic E-state index is 0.119. The van der Waals surface area contributed by atoms with Crippen LogP contribution in [0.15, 0.2) is 18.5 Å². The van der Waals surface area contributed by atoms with E-state index in [9.17, 15) is 4.79 Å². The van der Waals surface area contributed by atoms with E-state index in [1.807, 2.05) is 30.0 Å². The molecule has 0 aliphatic carbocycles. The SMILES string of the molecule is CCOCCCn1ccc(C(C)=O)c1. The summed E-state index contributed by atoms with van der Waals surface area (Å²) in [6.07, 6.45) is 4.80. The number of nitrogens with zero attached hydrogens (tertiary/aromatic N) is 1. The quantitative estimate of drug-likeness (QED) is 0.514. The van der Waals surface area contributed by atoms with Gasteiger partial charge >= 0.3 is 0 Å². The van der Waals surface area contributed by atoms with Crippen LogP contribution in [0.5, 0.6) is 0 Å². The summed E-state index contributed by atoms with van der Waals surface area (Å²) in [5.41, 5.74) is 0.779. The van der Waals surface area contributed by atoms with Gasteiger partial charge in [-0.15, -0.1) is 0 Å². The summed E-state index contributed by atoms with van der Waals surface area (Å²) in [7, 11) is 0. The van der Waals surface area contributed by atoms with Crippen molar-refractivity contribution in [1.29, 1.82) is 0 Å². The summed E-state index contributed by atoms with van der Waals surface area (Å²) in [5, 5.41) is 0. The maximum atomic E-state index is 11.0. The molecule has 0 N–H and O–H groups in total. The monoisotopic (exact) mass is 195 g/mol. The topological polar surface area (TPSA) is 31.2 Å². The molecule has 0 saturated carbocycles. The molecule has 0 radical (unpaired) electrons. The lowest BCUT2D eigenvalue weighted by Crippen LogP contribution is -2.00. The third kappa shape index (κ3) is 3.34. The van der Waals surface area contributed by atoms with Crippen LogP contribution in [0.25, 0.3) is 0 Å². The average molecular weight is 195 g/mol. The van der Waals surface area contributed by atoms with Gasteiger partial charge in [0.25, 0.3) is 0 Å². The number of ether oxygens (including phenoxy) is 1. The number of aromatic nitrogens is 1. The summed E-state index contributed by atoms with van der Waals surface area (Å²) in [6, 6.07) is 1.85. The zero-order valence-corrected chi connectivity index (χ0v) is 8.82. The van der Waals surface area contributed by atoms with Gasteiger partial charge in [0.2, 0.25) is 0 Å². The lowest BCUT2D eigenvalue weighted by Gasteiger charge is -2.02. The van der Waals surface area contributed by atoms with E-state index in [1.165, 1.54) is 0 Å². The van der Waals surface area contributed by atoms with E-state index in [0.29, 0.717) is 0 Å². The Morgan fingerprint density at radius 1 is 1.57 bits per heavy atom. The Morgan fingerprint density at radius 3 is 2.93 bits per heavy atom. The average Bonchev–Trinajstić information content (AvgIpc) is 2.61. The van der Waals surface area contributed by atoms with Gasteiger partial charge in [-0.05, 0) is 26.3 Å². The number of hydrogen-bond acceptors (Lipinski definition) is 2. The number of carbonyl (C=O) groups excluding carboxylic acids is 1. The van der Waals surface area contributed by atoms with Gasteiger partial charge in [-0.3, -0.25) is 4.79 Å². The maximum absolute atomic E-state index is 11.0. The lowest BCUT2D eigenvalue weighted by molar-refractivity contribution is 0.101. The third-order valence-corrected chi connectivity index (χ3v) is 2.07.